The summed E-state index contributed by atoms with van der Waals surface area (Å²) >= 11 is 5.85. The van der Waals surface area contributed by atoms with Crippen LogP contribution in [0.15, 0.2) is 43.0 Å². The third-order valence-electron chi connectivity index (χ3n) is 2.47. The average molecular weight is 252 g/mol. The minimum atomic E-state index is 0.601. The Balaban J connectivity index is 1.98. The number of rotatable bonds is 5. The third-order valence-corrected chi connectivity index (χ3v) is 2.72. The van der Waals surface area contributed by atoms with Gasteiger partial charge in [-0.1, -0.05) is 23.7 Å². The number of halogens is 1. The number of imidazole rings is 1. The summed E-state index contributed by atoms with van der Waals surface area (Å²) in [6, 6.07) is 7.90. The van der Waals surface area contributed by atoms with E-state index in [0.29, 0.717) is 6.73 Å². The number of nitrogens with zero attached hydrogens (tertiary/aromatic N) is 2. The van der Waals surface area contributed by atoms with E-state index in [1.165, 1.54) is 5.56 Å². The van der Waals surface area contributed by atoms with Crippen molar-refractivity contribution in [2.24, 2.45) is 0 Å². The second kappa shape index (κ2) is 5.84. The second-order valence-corrected chi connectivity index (χ2v) is 4.28. The predicted octanol–water partition coefficient (Wildman–Crippen LogP) is 2.47. The Hall–Kier alpha value is -1.32. The molecule has 0 spiro atoms. The molecule has 1 aromatic carbocycles. The van der Waals surface area contributed by atoms with Crippen molar-refractivity contribution in [3.63, 3.8) is 0 Å². The zero-order valence-corrected chi connectivity index (χ0v) is 10.6. The first kappa shape index (κ1) is 12.1. The Morgan fingerprint density at radius 2 is 2.06 bits per heavy atom. The van der Waals surface area contributed by atoms with E-state index in [1.54, 1.807) is 0 Å². The lowest BCUT2D eigenvalue weighted by Crippen LogP contribution is -2.31. The fourth-order valence-corrected chi connectivity index (χ4v) is 1.73. The quantitative estimate of drug-likeness (QED) is 0.747. The van der Waals surface area contributed by atoms with Crippen molar-refractivity contribution in [1.29, 1.82) is 0 Å². The van der Waals surface area contributed by atoms with Crippen molar-refractivity contribution in [2.75, 3.05) is 6.61 Å². The molecule has 1 heterocycles. The molecule has 2 rings (SSSR count). The van der Waals surface area contributed by atoms with Gasteiger partial charge in [0.05, 0.1) is 0 Å². The molecule has 0 aliphatic heterocycles. The van der Waals surface area contributed by atoms with Crippen LogP contribution in [-0.2, 0) is 18.0 Å². The van der Waals surface area contributed by atoms with E-state index in [1.807, 2.05) is 54.5 Å². The monoisotopic (exact) mass is 251 g/mol. The van der Waals surface area contributed by atoms with Crippen LogP contribution in [0.3, 0.4) is 0 Å². The van der Waals surface area contributed by atoms with Crippen LogP contribution in [0.2, 0.25) is 5.02 Å². The number of ether oxygens (including phenoxy) is 1. The highest BCUT2D eigenvalue weighted by Gasteiger charge is 2.04. The molecule has 0 amide bonds. The van der Waals surface area contributed by atoms with E-state index in [9.17, 15) is 0 Å². The minimum Gasteiger partial charge on any atom is -0.342 e. The maximum atomic E-state index is 5.85. The first-order chi connectivity index (χ1) is 8.28. The molecule has 0 aliphatic rings. The maximum Gasteiger partial charge on any atom is 0.245 e. The SMILES string of the molecule is CCOCn1cc[n+](Cc2ccc(Cl)cc2)c1. The van der Waals surface area contributed by atoms with Gasteiger partial charge in [0, 0.05) is 11.6 Å². The largest absolute Gasteiger partial charge is 0.342 e. The summed E-state index contributed by atoms with van der Waals surface area (Å²) < 4.78 is 9.46. The van der Waals surface area contributed by atoms with Gasteiger partial charge in [-0.2, -0.15) is 0 Å². The molecule has 3 nitrogen and oxygen atoms in total. The number of hydrogen-bond donors (Lipinski definition) is 0. The lowest BCUT2D eigenvalue weighted by atomic mass is 10.2. The van der Waals surface area contributed by atoms with E-state index in [0.717, 1.165) is 18.2 Å². The topological polar surface area (TPSA) is 18.0 Å². The Morgan fingerprint density at radius 3 is 2.76 bits per heavy atom. The summed E-state index contributed by atoms with van der Waals surface area (Å²) in [5, 5.41) is 0.771. The summed E-state index contributed by atoms with van der Waals surface area (Å²) in [6.07, 6.45) is 6.07. The second-order valence-electron chi connectivity index (χ2n) is 3.85. The lowest BCUT2D eigenvalue weighted by molar-refractivity contribution is -0.688. The van der Waals surface area contributed by atoms with E-state index in [-0.39, 0.29) is 0 Å². The minimum absolute atomic E-state index is 0.601. The Morgan fingerprint density at radius 1 is 1.29 bits per heavy atom. The molecule has 0 saturated heterocycles. The highest BCUT2D eigenvalue weighted by Crippen LogP contribution is 2.08. The molecule has 0 atom stereocenters. The van der Waals surface area contributed by atoms with Gasteiger partial charge in [-0.25, -0.2) is 9.13 Å². The van der Waals surface area contributed by atoms with Gasteiger partial charge in [0.2, 0.25) is 6.33 Å². The van der Waals surface area contributed by atoms with Crippen LogP contribution in [0.1, 0.15) is 12.5 Å². The number of hydrogen-bond acceptors (Lipinski definition) is 1. The van der Waals surface area contributed by atoms with Crippen molar-refractivity contribution < 1.29 is 9.30 Å². The Bertz CT molecular complexity index is 465. The van der Waals surface area contributed by atoms with Crippen LogP contribution in [-0.4, -0.2) is 11.2 Å². The zero-order valence-electron chi connectivity index (χ0n) is 9.84. The fraction of sp³-hybridized carbons (Fsp3) is 0.308. The lowest BCUT2D eigenvalue weighted by Gasteiger charge is -1.98. The molecule has 90 valence electrons. The Labute approximate surface area is 106 Å². The predicted molar refractivity (Wildman–Crippen MR) is 66.8 cm³/mol. The first-order valence-corrected chi connectivity index (χ1v) is 6.02. The van der Waals surface area contributed by atoms with Gasteiger partial charge in [0.1, 0.15) is 18.9 Å². The molecular weight excluding hydrogens is 236 g/mol. The van der Waals surface area contributed by atoms with Crippen LogP contribution < -0.4 is 4.57 Å². The summed E-state index contributed by atoms with van der Waals surface area (Å²) in [5.74, 6) is 0. The van der Waals surface area contributed by atoms with Gasteiger partial charge in [-0.15, -0.1) is 0 Å². The highest BCUT2D eigenvalue weighted by atomic mass is 35.5. The molecule has 0 saturated carbocycles. The summed E-state index contributed by atoms with van der Waals surface area (Å²) in [5.41, 5.74) is 1.23. The smallest absolute Gasteiger partial charge is 0.245 e. The zero-order chi connectivity index (χ0) is 12.1. The maximum absolute atomic E-state index is 5.85. The molecule has 17 heavy (non-hydrogen) atoms. The van der Waals surface area contributed by atoms with Crippen molar-refractivity contribution in [2.45, 2.75) is 20.2 Å². The first-order valence-electron chi connectivity index (χ1n) is 5.65. The van der Waals surface area contributed by atoms with Gasteiger partial charge < -0.3 is 4.74 Å². The molecule has 0 fully saturated rings. The van der Waals surface area contributed by atoms with Crippen LogP contribution >= 0.6 is 11.6 Å². The van der Waals surface area contributed by atoms with Crippen molar-refractivity contribution >= 4 is 11.6 Å². The Kier molecular flexibility index (Phi) is 4.18. The highest BCUT2D eigenvalue weighted by molar-refractivity contribution is 6.30. The fourth-order valence-electron chi connectivity index (χ4n) is 1.61. The summed E-state index contributed by atoms with van der Waals surface area (Å²) in [7, 11) is 0. The molecular formula is C13H16ClN2O+. The molecule has 0 bridgehead atoms. The normalized spacial score (nSPS) is 10.7. The van der Waals surface area contributed by atoms with Crippen LogP contribution in [0, 0.1) is 0 Å². The summed E-state index contributed by atoms with van der Waals surface area (Å²) in [6.45, 7) is 4.17. The van der Waals surface area contributed by atoms with Gasteiger partial charge in [0.15, 0.2) is 6.73 Å². The van der Waals surface area contributed by atoms with Gasteiger partial charge in [-0.05, 0) is 24.6 Å². The van der Waals surface area contributed by atoms with Crippen molar-refractivity contribution in [3.8, 4) is 0 Å². The third kappa shape index (κ3) is 3.58. The van der Waals surface area contributed by atoms with E-state index < -0.39 is 0 Å². The average Bonchev–Trinajstić information content (AvgIpc) is 2.77. The van der Waals surface area contributed by atoms with Gasteiger partial charge >= 0.3 is 0 Å². The number of aromatic nitrogens is 2. The molecule has 0 N–H and O–H groups in total. The van der Waals surface area contributed by atoms with Crippen molar-refractivity contribution in [3.05, 3.63) is 53.6 Å². The number of benzene rings is 1. The summed E-state index contributed by atoms with van der Waals surface area (Å²) in [4.78, 5) is 0. The molecule has 4 heteroatoms. The molecule has 0 aliphatic carbocycles. The van der Waals surface area contributed by atoms with Gasteiger partial charge in [-0.3, -0.25) is 0 Å². The van der Waals surface area contributed by atoms with Crippen LogP contribution in [0.25, 0.3) is 0 Å². The van der Waals surface area contributed by atoms with E-state index >= 15 is 0 Å². The molecule has 0 unspecified atom stereocenters. The molecule has 0 radical (unpaired) electrons. The van der Waals surface area contributed by atoms with Gasteiger partial charge in [0.25, 0.3) is 0 Å². The van der Waals surface area contributed by atoms with E-state index in [4.69, 9.17) is 16.3 Å². The van der Waals surface area contributed by atoms with Crippen LogP contribution in [0.4, 0.5) is 0 Å². The van der Waals surface area contributed by atoms with E-state index in [2.05, 4.69) is 4.57 Å². The van der Waals surface area contributed by atoms with Crippen molar-refractivity contribution in [1.82, 2.24) is 4.57 Å². The van der Waals surface area contributed by atoms with Crippen LogP contribution in [0.5, 0.6) is 0 Å². The molecule has 1 aromatic heterocycles. The molecule has 2 aromatic rings. The standard InChI is InChI=1S/C13H16ClN2O/c1-2-17-11-16-8-7-15(10-16)9-12-3-5-13(14)6-4-12/h3-8,10H,2,9,11H2,1H3/q+1.